The number of nitrogens with zero attached hydrogens (tertiary/aromatic N) is 4. The zero-order chi connectivity index (χ0) is 33.7. The number of hydrogen-bond acceptors (Lipinski definition) is 9. The van der Waals surface area contributed by atoms with Crippen LogP contribution in [0.1, 0.15) is 128 Å². The second-order valence-corrected chi connectivity index (χ2v) is 13.4. The van der Waals surface area contributed by atoms with Crippen molar-refractivity contribution in [2.24, 2.45) is 5.92 Å². The minimum absolute atomic E-state index is 0.125. The van der Waals surface area contributed by atoms with Crippen molar-refractivity contribution in [1.29, 1.82) is 0 Å². The Morgan fingerprint density at radius 3 is 2.23 bits per heavy atom. The summed E-state index contributed by atoms with van der Waals surface area (Å²) in [6, 6.07) is 2.10. The third-order valence-electron chi connectivity index (χ3n) is 9.20. The molecule has 1 saturated carbocycles. The van der Waals surface area contributed by atoms with Gasteiger partial charge in [-0.25, -0.2) is 9.97 Å². The highest BCUT2D eigenvalue weighted by Crippen LogP contribution is 2.28. The van der Waals surface area contributed by atoms with E-state index in [9.17, 15) is 9.90 Å². The molecule has 2 aliphatic rings. The topological polar surface area (TPSA) is 109 Å². The SMILES string of the molecule is O=C([O-])CCCCC=[N+]1C=CN(CCOCCOCC(COCCCCCCCCCCCCC2CCCCC2)Oc2ncccn2)C1. The highest BCUT2D eigenvalue weighted by molar-refractivity contribution is 5.64. The summed E-state index contributed by atoms with van der Waals surface area (Å²) in [5.41, 5.74) is 0. The first kappa shape index (κ1) is 39.9. The van der Waals surface area contributed by atoms with Crippen LogP contribution in [-0.4, -0.2) is 90.6 Å². The zero-order valence-electron chi connectivity index (χ0n) is 29.7. The maximum atomic E-state index is 10.5. The van der Waals surface area contributed by atoms with Crippen molar-refractivity contribution in [3.05, 3.63) is 30.9 Å². The maximum Gasteiger partial charge on any atom is 0.316 e. The van der Waals surface area contributed by atoms with Crippen molar-refractivity contribution in [1.82, 2.24) is 14.9 Å². The van der Waals surface area contributed by atoms with Crippen molar-refractivity contribution in [2.45, 2.75) is 135 Å². The first-order valence-electron chi connectivity index (χ1n) is 19.1. The van der Waals surface area contributed by atoms with Gasteiger partial charge >= 0.3 is 6.01 Å². The fourth-order valence-electron chi connectivity index (χ4n) is 6.39. The van der Waals surface area contributed by atoms with Gasteiger partial charge in [-0.2, -0.15) is 4.58 Å². The quantitative estimate of drug-likeness (QED) is 0.0689. The molecule has 1 atom stereocenters. The second-order valence-electron chi connectivity index (χ2n) is 13.4. The minimum Gasteiger partial charge on any atom is -0.550 e. The molecule has 2 heterocycles. The normalized spacial score (nSPS) is 16.6. The van der Waals surface area contributed by atoms with Crippen molar-refractivity contribution in [2.75, 3.05) is 52.9 Å². The van der Waals surface area contributed by atoms with Crippen LogP contribution >= 0.6 is 0 Å². The highest BCUT2D eigenvalue weighted by Gasteiger charge is 2.16. The van der Waals surface area contributed by atoms with E-state index >= 15 is 0 Å². The average Bonchev–Trinajstić information content (AvgIpc) is 3.55. The number of ether oxygens (including phenoxy) is 4. The van der Waals surface area contributed by atoms with Crippen LogP contribution in [-0.2, 0) is 19.0 Å². The summed E-state index contributed by atoms with van der Waals surface area (Å²) in [5, 5.41) is 10.5. The molecule has 0 bridgehead atoms. The van der Waals surface area contributed by atoms with Gasteiger partial charge in [0.25, 0.3) is 0 Å². The lowest BCUT2D eigenvalue weighted by Crippen LogP contribution is -2.30. The Kier molecular flexibility index (Phi) is 22.7. The molecule has 48 heavy (non-hydrogen) atoms. The monoisotopic (exact) mass is 672 g/mol. The first-order chi connectivity index (χ1) is 23.7. The van der Waals surface area contributed by atoms with Crippen molar-refractivity contribution >= 4 is 12.2 Å². The molecule has 1 fully saturated rings. The lowest BCUT2D eigenvalue weighted by atomic mass is 9.85. The number of hydrogen-bond donors (Lipinski definition) is 0. The van der Waals surface area contributed by atoms with E-state index in [-0.39, 0.29) is 12.5 Å². The molecule has 0 aromatic carbocycles. The fourth-order valence-corrected chi connectivity index (χ4v) is 6.39. The first-order valence-corrected chi connectivity index (χ1v) is 19.1. The summed E-state index contributed by atoms with van der Waals surface area (Å²) in [5.74, 6) is 0.0638. The van der Waals surface area contributed by atoms with Gasteiger partial charge in [0.15, 0.2) is 6.20 Å². The van der Waals surface area contributed by atoms with Crippen molar-refractivity contribution in [3.63, 3.8) is 0 Å². The van der Waals surface area contributed by atoms with Gasteiger partial charge in [-0.05, 0) is 37.7 Å². The lowest BCUT2D eigenvalue weighted by molar-refractivity contribution is -0.460. The van der Waals surface area contributed by atoms with Crippen LogP contribution in [0, 0.1) is 5.92 Å². The Morgan fingerprint density at radius 1 is 0.833 bits per heavy atom. The molecular weight excluding hydrogens is 608 g/mol. The van der Waals surface area contributed by atoms with Crippen molar-refractivity contribution < 1.29 is 33.4 Å². The van der Waals surface area contributed by atoms with E-state index in [0.29, 0.717) is 45.5 Å². The molecule has 1 aliphatic heterocycles. The zero-order valence-corrected chi connectivity index (χ0v) is 29.7. The summed E-state index contributed by atoms with van der Waals surface area (Å²) >= 11 is 0. The molecule has 0 radical (unpaired) electrons. The second kappa shape index (κ2) is 27.3. The van der Waals surface area contributed by atoms with Gasteiger partial charge in [-0.3, -0.25) is 0 Å². The molecular formula is C38H64N4O6. The Balaban J connectivity index is 1.13. The van der Waals surface area contributed by atoms with Crippen LogP contribution in [0.4, 0.5) is 0 Å². The van der Waals surface area contributed by atoms with Crippen LogP contribution in [0.2, 0.25) is 0 Å². The largest absolute Gasteiger partial charge is 0.550 e. The van der Waals surface area contributed by atoms with Gasteiger partial charge in [0.2, 0.25) is 6.67 Å². The number of carboxylic acid groups (broad SMARTS) is 1. The highest BCUT2D eigenvalue weighted by atomic mass is 16.6. The van der Waals surface area contributed by atoms with E-state index in [0.717, 1.165) is 45.0 Å². The number of unbranched alkanes of at least 4 members (excludes halogenated alkanes) is 11. The van der Waals surface area contributed by atoms with E-state index in [2.05, 4.69) is 25.7 Å². The van der Waals surface area contributed by atoms with E-state index in [1.54, 1.807) is 18.5 Å². The number of carboxylic acids is 1. The molecule has 0 saturated heterocycles. The molecule has 0 amide bonds. The molecule has 3 rings (SSSR count). The summed E-state index contributed by atoms with van der Waals surface area (Å²) in [6.07, 6.45) is 33.9. The maximum absolute atomic E-state index is 10.5. The molecule has 1 unspecified atom stereocenters. The summed E-state index contributed by atoms with van der Waals surface area (Å²) < 4.78 is 25.7. The standard InChI is InChI=1S/C38H64N4O6/c43-37(44)21-14-10-15-24-41-25-26-42(34-41)27-29-45-30-31-47-33-36(48-38-39-22-17-23-40-38)32-46-28-16-8-6-4-2-1-3-5-7-11-18-35-19-12-9-13-20-35/h17,22-26,35-36H,1-16,18-21,27-34H2. The Hall–Kier alpha value is -2.56. The summed E-state index contributed by atoms with van der Waals surface area (Å²) in [4.78, 5) is 21.1. The predicted octanol–water partition coefficient (Wildman–Crippen LogP) is 6.28. The lowest BCUT2D eigenvalue weighted by Gasteiger charge is -2.21. The number of carbonyl (C=O) groups is 1. The molecule has 1 aromatic heterocycles. The molecule has 10 heteroatoms. The van der Waals surface area contributed by atoms with Gasteiger partial charge in [0.05, 0.1) is 39.2 Å². The Bertz CT molecular complexity index is 989. The van der Waals surface area contributed by atoms with Gasteiger partial charge in [-0.1, -0.05) is 96.3 Å². The molecule has 0 spiro atoms. The number of carbonyl (C=O) groups excluding carboxylic acids is 1. The van der Waals surface area contributed by atoms with Crippen LogP contribution in [0.3, 0.4) is 0 Å². The number of aromatic nitrogens is 2. The average molecular weight is 673 g/mol. The fraction of sp³-hybridized carbons (Fsp3) is 0.789. The van der Waals surface area contributed by atoms with E-state index < -0.39 is 5.97 Å². The van der Waals surface area contributed by atoms with E-state index in [4.69, 9.17) is 18.9 Å². The van der Waals surface area contributed by atoms with Crippen LogP contribution in [0.5, 0.6) is 6.01 Å². The van der Waals surface area contributed by atoms with Gasteiger partial charge in [0, 0.05) is 37.9 Å². The van der Waals surface area contributed by atoms with E-state index in [1.165, 1.54) is 96.3 Å². The molecule has 272 valence electrons. The summed E-state index contributed by atoms with van der Waals surface area (Å²) in [6.45, 7) is 4.68. The molecule has 0 N–H and O–H groups in total. The third-order valence-corrected chi connectivity index (χ3v) is 9.20. The van der Waals surface area contributed by atoms with Crippen LogP contribution in [0.25, 0.3) is 0 Å². The van der Waals surface area contributed by atoms with Gasteiger partial charge in [0.1, 0.15) is 12.3 Å². The van der Waals surface area contributed by atoms with Gasteiger partial charge < -0.3 is 33.7 Å². The molecule has 1 aliphatic carbocycles. The number of rotatable bonds is 30. The van der Waals surface area contributed by atoms with Crippen LogP contribution < -0.4 is 9.84 Å². The smallest absolute Gasteiger partial charge is 0.316 e. The minimum atomic E-state index is -0.979. The third kappa shape index (κ3) is 20.7. The Labute approximate surface area is 290 Å². The Morgan fingerprint density at radius 2 is 1.50 bits per heavy atom. The number of aliphatic carboxylic acids is 1. The van der Waals surface area contributed by atoms with E-state index in [1.807, 2.05) is 12.4 Å². The predicted molar refractivity (Wildman–Crippen MR) is 187 cm³/mol. The molecule has 1 aromatic rings. The summed E-state index contributed by atoms with van der Waals surface area (Å²) in [7, 11) is 0. The van der Waals surface area contributed by atoms with Crippen LogP contribution in [0.15, 0.2) is 30.9 Å². The molecule has 10 nitrogen and oxygen atoms in total. The van der Waals surface area contributed by atoms with Crippen molar-refractivity contribution in [3.8, 4) is 6.01 Å². The van der Waals surface area contributed by atoms with Gasteiger partial charge in [-0.15, -0.1) is 0 Å².